The summed E-state index contributed by atoms with van der Waals surface area (Å²) in [6.07, 6.45) is 2.33. The first kappa shape index (κ1) is 22.1. The Balaban J connectivity index is 2.81. The normalized spacial score (nSPS) is 14.2. The second kappa shape index (κ2) is 10.3. The van der Waals surface area contributed by atoms with Crippen LogP contribution in [0.1, 0.15) is 32.4 Å². The summed E-state index contributed by atoms with van der Waals surface area (Å²) in [5, 5.41) is 22.8. The summed E-state index contributed by atoms with van der Waals surface area (Å²) in [6.45, 7) is 3.73. The average molecular weight is 383 g/mol. The average Bonchev–Trinajstić information content (AvgIpc) is 3.05. The van der Waals surface area contributed by atoms with E-state index in [1.165, 1.54) is 12.5 Å². The Morgan fingerprint density at radius 2 is 1.78 bits per heavy atom. The molecular weight excluding hydrogens is 358 g/mol. The molecule has 0 saturated heterocycles. The van der Waals surface area contributed by atoms with E-state index in [4.69, 9.17) is 10.8 Å². The van der Waals surface area contributed by atoms with Crippen LogP contribution in [0.5, 0.6) is 0 Å². The van der Waals surface area contributed by atoms with Crippen molar-refractivity contribution in [2.45, 2.75) is 51.2 Å². The van der Waals surface area contributed by atoms with Gasteiger partial charge in [-0.3, -0.25) is 14.4 Å². The molecule has 3 atom stereocenters. The Bertz CT molecular complexity index is 660. The zero-order chi connectivity index (χ0) is 20.6. The molecule has 0 saturated carbocycles. The first-order valence-electron chi connectivity index (χ1n) is 8.38. The van der Waals surface area contributed by atoms with Crippen molar-refractivity contribution in [2.75, 3.05) is 0 Å². The number of hydrogen-bond acceptors (Lipinski definition) is 6. The number of amides is 2. The Kier molecular flexibility index (Phi) is 8.39. The van der Waals surface area contributed by atoms with E-state index < -0.39 is 48.3 Å². The largest absolute Gasteiger partial charge is 0.481 e. The van der Waals surface area contributed by atoms with Gasteiger partial charge in [0.25, 0.3) is 0 Å². The van der Waals surface area contributed by atoms with Crippen molar-refractivity contribution < 1.29 is 29.4 Å². The minimum Gasteiger partial charge on any atom is -0.481 e. The number of carbonyl (C=O) groups excluding carboxylic acids is 2. The molecule has 7 N–H and O–H groups in total. The molecule has 0 aromatic carbocycles. The lowest BCUT2D eigenvalue weighted by atomic mass is 10.0. The second-order valence-electron chi connectivity index (χ2n) is 6.58. The van der Waals surface area contributed by atoms with E-state index >= 15 is 0 Å². The van der Waals surface area contributed by atoms with Crippen LogP contribution in [0.2, 0.25) is 0 Å². The predicted octanol–water partition coefficient (Wildman–Crippen LogP) is -1.15. The molecule has 0 unspecified atom stereocenters. The summed E-state index contributed by atoms with van der Waals surface area (Å²) in [5.74, 6) is -4.11. The number of H-pyrrole nitrogens is 1. The van der Waals surface area contributed by atoms with Crippen LogP contribution in [0.4, 0.5) is 0 Å². The van der Waals surface area contributed by atoms with E-state index in [0.717, 1.165) is 0 Å². The van der Waals surface area contributed by atoms with Crippen LogP contribution in [-0.2, 0) is 25.6 Å². The number of nitrogens with one attached hydrogen (secondary N) is 3. The molecule has 0 aliphatic heterocycles. The summed E-state index contributed by atoms with van der Waals surface area (Å²) >= 11 is 0. The van der Waals surface area contributed by atoms with Crippen LogP contribution < -0.4 is 16.4 Å². The molecule has 0 aliphatic rings. The van der Waals surface area contributed by atoms with Crippen molar-refractivity contribution in [3.63, 3.8) is 0 Å². The van der Waals surface area contributed by atoms with E-state index in [2.05, 4.69) is 20.6 Å². The van der Waals surface area contributed by atoms with E-state index in [1.807, 2.05) is 13.8 Å². The van der Waals surface area contributed by atoms with E-state index in [9.17, 15) is 24.3 Å². The number of aliphatic carboxylic acids is 2. The van der Waals surface area contributed by atoms with Gasteiger partial charge < -0.3 is 31.6 Å². The monoisotopic (exact) mass is 383 g/mol. The Labute approximate surface area is 155 Å². The van der Waals surface area contributed by atoms with Crippen LogP contribution in [0.3, 0.4) is 0 Å². The van der Waals surface area contributed by atoms with Gasteiger partial charge in [0.1, 0.15) is 12.1 Å². The molecular formula is C16H25N5O6. The fourth-order valence-electron chi connectivity index (χ4n) is 2.37. The molecule has 27 heavy (non-hydrogen) atoms. The lowest BCUT2D eigenvalue weighted by Gasteiger charge is -2.22. The van der Waals surface area contributed by atoms with Crippen LogP contribution >= 0.6 is 0 Å². The molecule has 1 heterocycles. The molecule has 0 fully saturated rings. The molecule has 0 aliphatic carbocycles. The number of hydrogen-bond donors (Lipinski definition) is 6. The zero-order valence-electron chi connectivity index (χ0n) is 15.1. The summed E-state index contributed by atoms with van der Waals surface area (Å²) in [4.78, 5) is 53.4. The number of carboxylic acids is 2. The number of carboxylic acid groups (broad SMARTS) is 2. The maximum absolute atomic E-state index is 12.4. The van der Waals surface area contributed by atoms with Crippen LogP contribution in [0.15, 0.2) is 12.5 Å². The van der Waals surface area contributed by atoms with Gasteiger partial charge >= 0.3 is 11.9 Å². The highest BCUT2D eigenvalue weighted by molar-refractivity contribution is 5.93. The van der Waals surface area contributed by atoms with Gasteiger partial charge in [-0.1, -0.05) is 13.8 Å². The molecule has 1 aromatic heterocycles. The molecule has 11 nitrogen and oxygen atoms in total. The second-order valence-corrected chi connectivity index (χ2v) is 6.58. The zero-order valence-corrected chi connectivity index (χ0v) is 15.1. The van der Waals surface area contributed by atoms with Gasteiger partial charge in [-0.05, 0) is 12.3 Å². The van der Waals surface area contributed by atoms with Gasteiger partial charge in [-0.25, -0.2) is 9.78 Å². The lowest BCUT2D eigenvalue weighted by Crippen LogP contribution is -2.55. The number of carbonyl (C=O) groups is 4. The van der Waals surface area contributed by atoms with E-state index in [1.54, 1.807) is 0 Å². The minimum atomic E-state index is -1.45. The maximum atomic E-state index is 12.4. The first-order valence-corrected chi connectivity index (χ1v) is 8.38. The Morgan fingerprint density at radius 1 is 1.15 bits per heavy atom. The highest BCUT2D eigenvalue weighted by atomic mass is 16.4. The summed E-state index contributed by atoms with van der Waals surface area (Å²) < 4.78 is 0. The fourth-order valence-corrected chi connectivity index (χ4v) is 2.37. The highest BCUT2D eigenvalue weighted by Crippen LogP contribution is 2.05. The molecule has 1 aromatic rings. The molecule has 11 heteroatoms. The van der Waals surface area contributed by atoms with Crippen LogP contribution in [-0.4, -0.2) is 62.1 Å². The minimum absolute atomic E-state index is 0.0817. The topological polar surface area (TPSA) is 188 Å². The molecule has 0 radical (unpaired) electrons. The lowest BCUT2D eigenvalue weighted by molar-refractivity contribution is -0.143. The molecule has 0 spiro atoms. The van der Waals surface area contributed by atoms with Gasteiger partial charge in [0.15, 0.2) is 0 Å². The molecule has 2 amide bonds. The van der Waals surface area contributed by atoms with Crippen LogP contribution in [0, 0.1) is 5.92 Å². The van der Waals surface area contributed by atoms with Crippen molar-refractivity contribution in [2.24, 2.45) is 11.7 Å². The maximum Gasteiger partial charge on any atom is 0.326 e. The first-order chi connectivity index (χ1) is 12.6. The molecule has 1 rings (SSSR count). The summed E-state index contributed by atoms with van der Waals surface area (Å²) in [7, 11) is 0. The number of nitrogens with two attached hydrogens (primary N) is 1. The quantitative estimate of drug-likeness (QED) is 0.276. The number of aromatic nitrogens is 2. The van der Waals surface area contributed by atoms with Crippen molar-refractivity contribution in [3.8, 4) is 0 Å². The van der Waals surface area contributed by atoms with Gasteiger partial charge in [0, 0.05) is 18.3 Å². The summed E-state index contributed by atoms with van der Waals surface area (Å²) in [5.41, 5.74) is 6.21. The third kappa shape index (κ3) is 7.86. The number of imidazole rings is 1. The Morgan fingerprint density at radius 3 is 2.26 bits per heavy atom. The third-order valence-electron chi connectivity index (χ3n) is 3.67. The van der Waals surface area contributed by atoms with Crippen molar-refractivity contribution >= 4 is 23.8 Å². The number of rotatable bonds is 11. The van der Waals surface area contributed by atoms with Crippen molar-refractivity contribution in [1.82, 2.24) is 20.6 Å². The Hall–Kier alpha value is -2.95. The predicted molar refractivity (Wildman–Crippen MR) is 93.5 cm³/mol. The smallest absolute Gasteiger partial charge is 0.326 e. The van der Waals surface area contributed by atoms with Crippen molar-refractivity contribution in [3.05, 3.63) is 18.2 Å². The molecule has 0 bridgehead atoms. The molecule has 150 valence electrons. The highest BCUT2D eigenvalue weighted by Gasteiger charge is 2.30. The van der Waals surface area contributed by atoms with Gasteiger partial charge in [0.2, 0.25) is 11.8 Å². The van der Waals surface area contributed by atoms with Crippen molar-refractivity contribution in [1.29, 1.82) is 0 Å². The SMILES string of the molecule is CC(C)C[C@H](N)C(=O)N[C@@H](CC(=O)O)C(=O)N[C@@H](Cc1cnc[nH]1)C(=O)O. The van der Waals surface area contributed by atoms with E-state index in [0.29, 0.717) is 12.1 Å². The standard InChI is InChI=1S/C16H25N5O6/c1-8(2)3-10(17)14(24)20-11(5-13(22)23)15(25)21-12(16(26)27)4-9-6-18-7-19-9/h6-8,10-12H,3-5,17H2,1-2H3,(H,18,19)(H,20,24)(H,21,25)(H,22,23)(H,26,27)/t10-,11-,12-/m0/s1. The third-order valence-corrected chi connectivity index (χ3v) is 3.67. The van der Waals surface area contributed by atoms with Crippen LogP contribution in [0.25, 0.3) is 0 Å². The number of aromatic amines is 1. The van der Waals surface area contributed by atoms with E-state index in [-0.39, 0.29) is 12.3 Å². The van der Waals surface area contributed by atoms with Gasteiger partial charge in [0.05, 0.1) is 18.8 Å². The fraction of sp³-hybridized carbons (Fsp3) is 0.562. The summed E-state index contributed by atoms with van der Waals surface area (Å²) in [6, 6.07) is -3.68. The number of nitrogens with zero attached hydrogens (tertiary/aromatic N) is 1. The van der Waals surface area contributed by atoms with Gasteiger partial charge in [-0.15, -0.1) is 0 Å². The van der Waals surface area contributed by atoms with Gasteiger partial charge in [-0.2, -0.15) is 0 Å².